The topological polar surface area (TPSA) is 53.1 Å². The molecule has 0 radical (unpaired) electrons. The fraction of sp³-hybridized carbons (Fsp3) is 0.941. The summed E-state index contributed by atoms with van der Waals surface area (Å²) in [7, 11) is 0. The molecule has 20 heavy (non-hydrogen) atoms. The van der Waals surface area contributed by atoms with Crippen molar-refractivity contribution in [3.8, 4) is 6.07 Å². The molecule has 3 nitrogen and oxygen atoms in total. The molecule has 0 aromatic carbocycles. The van der Waals surface area contributed by atoms with Crippen LogP contribution in [0.15, 0.2) is 0 Å². The minimum absolute atomic E-state index is 0.428. The molecule has 3 aliphatic rings. The summed E-state index contributed by atoms with van der Waals surface area (Å²) < 4.78 is 0. The number of rotatable bonds is 4. The van der Waals surface area contributed by atoms with Gasteiger partial charge in [0.2, 0.25) is 0 Å². The highest BCUT2D eigenvalue weighted by molar-refractivity contribution is 5.12. The van der Waals surface area contributed by atoms with Gasteiger partial charge in [-0.1, -0.05) is 19.3 Å². The molecule has 0 amide bonds. The fourth-order valence-electron chi connectivity index (χ4n) is 4.98. The van der Waals surface area contributed by atoms with Crippen LogP contribution >= 0.6 is 0 Å². The summed E-state index contributed by atoms with van der Waals surface area (Å²) in [6.07, 6.45) is 12.9. The van der Waals surface area contributed by atoms with Gasteiger partial charge in [0.05, 0.1) is 6.07 Å². The second kappa shape index (κ2) is 6.03. The zero-order chi connectivity index (χ0) is 14.0. The Kier molecular flexibility index (Phi) is 4.33. The van der Waals surface area contributed by atoms with Crippen molar-refractivity contribution >= 4 is 0 Å². The van der Waals surface area contributed by atoms with Crippen LogP contribution in [0.4, 0.5) is 0 Å². The lowest BCUT2D eigenvalue weighted by Crippen LogP contribution is -2.44. The Labute approximate surface area is 123 Å². The van der Waals surface area contributed by atoms with Gasteiger partial charge in [-0.05, 0) is 69.9 Å². The molecule has 0 bridgehead atoms. The van der Waals surface area contributed by atoms with E-state index in [9.17, 15) is 5.26 Å². The Morgan fingerprint density at radius 3 is 2.65 bits per heavy atom. The molecule has 1 heterocycles. The van der Waals surface area contributed by atoms with Gasteiger partial charge in [0.1, 0.15) is 5.54 Å². The van der Waals surface area contributed by atoms with Gasteiger partial charge in [0.15, 0.2) is 0 Å². The molecule has 0 spiro atoms. The van der Waals surface area contributed by atoms with Crippen LogP contribution in [0.2, 0.25) is 0 Å². The van der Waals surface area contributed by atoms with E-state index in [0.29, 0.717) is 5.92 Å². The molecule has 3 fully saturated rings. The molecular formula is C17H29N3. The number of hydrogen-bond acceptors (Lipinski definition) is 3. The van der Waals surface area contributed by atoms with Gasteiger partial charge < -0.3 is 10.6 Å². The first-order valence-corrected chi connectivity index (χ1v) is 8.67. The minimum atomic E-state index is -0.525. The third kappa shape index (κ3) is 2.73. The van der Waals surface area contributed by atoms with Crippen molar-refractivity contribution in [3.63, 3.8) is 0 Å². The molecule has 3 heteroatoms. The fourth-order valence-corrected chi connectivity index (χ4v) is 4.98. The highest BCUT2D eigenvalue weighted by Crippen LogP contribution is 2.38. The SMILES string of the molecule is N#CC1(N)CCCC1CCN1CCCC1C1CCCC1. The van der Waals surface area contributed by atoms with Gasteiger partial charge >= 0.3 is 0 Å². The minimum Gasteiger partial charge on any atom is -0.313 e. The van der Waals surface area contributed by atoms with Crippen LogP contribution in [-0.2, 0) is 0 Å². The van der Waals surface area contributed by atoms with Crippen LogP contribution in [0.3, 0.4) is 0 Å². The molecular weight excluding hydrogens is 246 g/mol. The van der Waals surface area contributed by atoms with Gasteiger partial charge in [-0.25, -0.2) is 0 Å². The van der Waals surface area contributed by atoms with E-state index in [1.165, 1.54) is 51.6 Å². The molecule has 3 atom stereocenters. The Morgan fingerprint density at radius 1 is 1.10 bits per heavy atom. The molecule has 2 N–H and O–H groups in total. The first kappa shape index (κ1) is 14.4. The van der Waals surface area contributed by atoms with Crippen molar-refractivity contribution in [2.45, 2.75) is 75.8 Å². The van der Waals surface area contributed by atoms with Crippen LogP contribution in [0.5, 0.6) is 0 Å². The molecule has 0 aromatic heterocycles. The highest BCUT2D eigenvalue weighted by atomic mass is 15.2. The van der Waals surface area contributed by atoms with Crippen LogP contribution in [0, 0.1) is 23.2 Å². The van der Waals surface area contributed by atoms with E-state index in [1.54, 1.807) is 0 Å². The largest absolute Gasteiger partial charge is 0.313 e. The van der Waals surface area contributed by atoms with Crippen LogP contribution in [-0.4, -0.2) is 29.6 Å². The Bertz CT molecular complexity index is 369. The van der Waals surface area contributed by atoms with Crippen molar-refractivity contribution in [3.05, 3.63) is 0 Å². The summed E-state index contributed by atoms with van der Waals surface area (Å²) in [5, 5.41) is 9.32. The number of nitriles is 1. The summed E-state index contributed by atoms with van der Waals surface area (Å²) in [4.78, 5) is 2.73. The maximum atomic E-state index is 9.32. The first-order valence-electron chi connectivity index (χ1n) is 8.67. The Morgan fingerprint density at radius 2 is 1.90 bits per heavy atom. The molecule has 3 rings (SSSR count). The van der Waals surface area contributed by atoms with Gasteiger partial charge in [0.25, 0.3) is 0 Å². The lowest BCUT2D eigenvalue weighted by molar-refractivity contribution is 0.173. The number of nitrogens with zero attached hydrogens (tertiary/aromatic N) is 2. The van der Waals surface area contributed by atoms with E-state index >= 15 is 0 Å². The predicted molar refractivity (Wildman–Crippen MR) is 81.0 cm³/mol. The Balaban J connectivity index is 1.54. The number of nitrogens with two attached hydrogens (primary N) is 1. The first-order chi connectivity index (χ1) is 9.73. The number of likely N-dealkylation sites (tertiary alicyclic amines) is 1. The van der Waals surface area contributed by atoms with Crippen molar-refractivity contribution < 1.29 is 0 Å². The maximum Gasteiger partial charge on any atom is 0.107 e. The van der Waals surface area contributed by atoms with Gasteiger partial charge in [-0.2, -0.15) is 5.26 Å². The third-order valence-electron chi connectivity index (χ3n) is 6.20. The van der Waals surface area contributed by atoms with Crippen molar-refractivity contribution in [1.82, 2.24) is 4.90 Å². The molecule has 3 unspecified atom stereocenters. The zero-order valence-corrected chi connectivity index (χ0v) is 12.7. The highest BCUT2D eigenvalue weighted by Gasteiger charge is 2.40. The normalized spacial score (nSPS) is 39.4. The molecule has 1 aliphatic heterocycles. The summed E-state index contributed by atoms with van der Waals surface area (Å²) in [5.41, 5.74) is 5.74. The lowest BCUT2D eigenvalue weighted by atomic mass is 9.86. The smallest absolute Gasteiger partial charge is 0.107 e. The summed E-state index contributed by atoms with van der Waals surface area (Å²) in [6, 6.07) is 3.23. The van der Waals surface area contributed by atoms with Gasteiger partial charge in [0, 0.05) is 6.04 Å². The van der Waals surface area contributed by atoms with Crippen LogP contribution in [0.25, 0.3) is 0 Å². The van der Waals surface area contributed by atoms with Gasteiger partial charge in [-0.15, -0.1) is 0 Å². The van der Waals surface area contributed by atoms with E-state index in [2.05, 4.69) is 11.0 Å². The molecule has 2 aliphatic carbocycles. The second-order valence-corrected chi connectivity index (χ2v) is 7.32. The quantitative estimate of drug-likeness (QED) is 0.858. The third-order valence-corrected chi connectivity index (χ3v) is 6.20. The maximum absolute atomic E-state index is 9.32. The van der Waals surface area contributed by atoms with Crippen molar-refractivity contribution in [2.75, 3.05) is 13.1 Å². The molecule has 112 valence electrons. The average Bonchev–Trinajstić information content (AvgIpc) is 3.17. The van der Waals surface area contributed by atoms with E-state index in [1.807, 2.05) is 0 Å². The summed E-state index contributed by atoms with van der Waals surface area (Å²) in [6.45, 7) is 2.45. The van der Waals surface area contributed by atoms with E-state index in [4.69, 9.17) is 5.73 Å². The molecule has 2 saturated carbocycles. The van der Waals surface area contributed by atoms with E-state index in [0.717, 1.165) is 37.6 Å². The zero-order valence-electron chi connectivity index (χ0n) is 12.7. The predicted octanol–water partition coefficient (Wildman–Crippen LogP) is 3.05. The van der Waals surface area contributed by atoms with E-state index in [-0.39, 0.29) is 0 Å². The summed E-state index contributed by atoms with van der Waals surface area (Å²) in [5.74, 6) is 1.39. The van der Waals surface area contributed by atoms with Crippen LogP contribution < -0.4 is 5.73 Å². The summed E-state index contributed by atoms with van der Waals surface area (Å²) >= 11 is 0. The lowest BCUT2D eigenvalue weighted by Gasteiger charge is -2.32. The number of hydrogen-bond donors (Lipinski definition) is 1. The Hall–Kier alpha value is -0.590. The second-order valence-electron chi connectivity index (χ2n) is 7.32. The molecule has 1 saturated heterocycles. The standard InChI is InChI=1S/C17H29N3/c18-13-17(19)10-3-7-15(17)9-12-20-11-4-8-16(20)14-5-1-2-6-14/h14-16H,1-12,19H2. The van der Waals surface area contributed by atoms with E-state index < -0.39 is 5.54 Å². The van der Waals surface area contributed by atoms with Gasteiger partial charge in [-0.3, -0.25) is 0 Å². The van der Waals surface area contributed by atoms with Crippen LogP contribution in [0.1, 0.15) is 64.2 Å². The monoisotopic (exact) mass is 275 g/mol. The average molecular weight is 275 g/mol. The van der Waals surface area contributed by atoms with Crippen molar-refractivity contribution in [2.24, 2.45) is 17.6 Å². The molecule has 0 aromatic rings. The van der Waals surface area contributed by atoms with Crippen molar-refractivity contribution in [1.29, 1.82) is 5.26 Å².